The number of aryl methyl sites for hydroxylation is 2. The van der Waals surface area contributed by atoms with E-state index < -0.39 is 0 Å². The molecule has 0 saturated carbocycles. The van der Waals surface area contributed by atoms with Gasteiger partial charge in [0.05, 0.1) is 12.2 Å². The van der Waals surface area contributed by atoms with Gasteiger partial charge in [0.25, 0.3) is 0 Å². The van der Waals surface area contributed by atoms with Crippen molar-refractivity contribution in [2.45, 2.75) is 26.8 Å². The molecule has 0 bridgehead atoms. The van der Waals surface area contributed by atoms with E-state index in [1.165, 1.54) is 0 Å². The Morgan fingerprint density at radius 1 is 1.47 bits per heavy atom. The topological polar surface area (TPSA) is 63.8 Å². The van der Waals surface area contributed by atoms with Gasteiger partial charge in [-0.15, -0.1) is 11.3 Å². The van der Waals surface area contributed by atoms with Crippen molar-refractivity contribution in [3.8, 4) is 0 Å². The fourth-order valence-electron chi connectivity index (χ4n) is 1.12. The minimum absolute atomic E-state index is 0.550. The Bertz CT molecular complexity index is 437. The molecule has 2 aromatic rings. The van der Waals surface area contributed by atoms with Crippen LogP contribution in [-0.4, -0.2) is 15.1 Å². The average molecular weight is 224 g/mol. The highest BCUT2D eigenvalue weighted by Gasteiger charge is 2.03. The van der Waals surface area contributed by atoms with Gasteiger partial charge in [-0.1, -0.05) is 12.1 Å². The zero-order valence-electron chi connectivity index (χ0n) is 8.65. The molecule has 6 heteroatoms. The van der Waals surface area contributed by atoms with Crippen LogP contribution in [0.1, 0.15) is 24.3 Å². The number of thiazole rings is 1. The first kappa shape index (κ1) is 10.1. The van der Waals surface area contributed by atoms with Crippen LogP contribution in [0.25, 0.3) is 0 Å². The van der Waals surface area contributed by atoms with Crippen molar-refractivity contribution in [3.05, 3.63) is 22.8 Å². The van der Waals surface area contributed by atoms with Crippen LogP contribution in [-0.2, 0) is 13.0 Å². The van der Waals surface area contributed by atoms with E-state index in [0.717, 1.165) is 17.2 Å². The summed E-state index contributed by atoms with van der Waals surface area (Å²) < 4.78 is 4.86. The summed E-state index contributed by atoms with van der Waals surface area (Å²) in [4.78, 5) is 8.46. The summed E-state index contributed by atoms with van der Waals surface area (Å²) in [5.41, 5.74) is 1.10. The van der Waals surface area contributed by atoms with Gasteiger partial charge in [-0.05, 0) is 6.42 Å². The minimum Gasteiger partial charge on any atom is -0.354 e. The zero-order chi connectivity index (χ0) is 10.7. The molecule has 2 heterocycles. The highest BCUT2D eigenvalue weighted by atomic mass is 32.1. The fourth-order valence-corrected chi connectivity index (χ4v) is 1.91. The maximum atomic E-state index is 4.86. The monoisotopic (exact) mass is 224 g/mol. The van der Waals surface area contributed by atoms with E-state index in [0.29, 0.717) is 18.3 Å². The van der Waals surface area contributed by atoms with Crippen LogP contribution < -0.4 is 5.32 Å². The number of anilines is 1. The van der Waals surface area contributed by atoms with E-state index in [2.05, 4.69) is 27.4 Å². The maximum Gasteiger partial charge on any atom is 0.223 e. The highest BCUT2D eigenvalue weighted by Crippen LogP contribution is 2.16. The molecule has 0 atom stereocenters. The molecule has 0 fully saturated rings. The first-order valence-electron chi connectivity index (χ1n) is 4.75. The molecule has 15 heavy (non-hydrogen) atoms. The summed E-state index contributed by atoms with van der Waals surface area (Å²) in [6.07, 6.45) is 0.958. The van der Waals surface area contributed by atoms with Crippen molar-refractivity contribution in [2.24, 2.45) is 0 Å². The van der Waals surface area contributed by atoms with Crippen LogP contribution in [0.4, 0.5) is 5.13 Å². The van der Waals surface area contributed by atoms with Gasteiger partial charge in [0.1, 0.15) is 0 Å². The lowest BCUT2D eigenvalue weighted by molar-refractivity contribution is 0.388. The van der Waals surface area contributed by atoms with Gasteiger partial charge in [-0.3, -0.25) is 0 Å². The number of nitrogens with one attached hydrogen (secondary N) is 1. The summed E-state index contributed by atoms with van der Waals surface area (Å²) in [7, 11) is 0. The van der Waals surface area contributed by atoms with Gasteiger partial charge in [0, 0.05) is 12.3 Å². The molecule has 0 aliphatic heterocycles. The molecule has 80 valence electrons. The van der Waals surface area contributed by atoms with Crippen LogP contribution in [0.5, 0.6) is 0 Å². The van der Waals surface area contributed by atoms with E-state index in [1.54, 1.807) is 18.3 Å². The number of rotatable bonds is 4. The number of nitrogens with zero attached hydrogens (tertiary/aromatic N) is 3. The zero-order valence-corrected chi connectivity index (χ0v) is 9.47. The summed E-state index contributed by atoms with van der Waals surface area (Å²) in [6, 6.07) is 0. The van der Waals surface area contributed by atoms with E-state index in [1.807, 2.05) is 5.38 Å². The summed E-state index contributed by atoms with van der Waals surface area (Å²) in [5, 5.41) is 9.88. The van der Waals surface area contributed by atoms with Crippen molar-refractivity contribution in [2.75, 3.05) is 5.32 Å². The lowest BCUT2D eigenvalue weighted by Crippen LogP contribution is -2.00. The third-order valence-electron chi connectivity index (χ3n) is 1.88. The largest absolute Gasteiger partial charge is 0.354 e. The molecule has 2 rings (SSSR count). The normalized spacial score (nSPS) is 10.5. The minimum atomic E-state index is 0.550. The third-order valence-corrected chi connectivity index (χ3v) is 2.73. The lowest BCUT2D eigenvalue weighted by Gasteiger charge is -1.96. The van der Waals surface area contributed by atoms with Crippen LogP contribution in [0.15, 0.2) is 9.90 Å². The fraction of sp³-hybridized carbons (Fsp3) is 0.444. The van der Waals surface area contributed by atoms with E-state index >= 15 is 0 Å². The van der Waals surface area contributed by atoms with Crippen molar-refractivity contribution in [3.63, 3.8) is 0 Å². The predicted octanol–water partition coefficient (Wildman–Crippen LogP) is 2.01. The van der Waals surface area contributed by atoms with Gasteiger partial charge in [-0.25, -0.2) is 4.98 Å². The van der Waals surface area contributed by atoms with E-state index in [9.17, 15) is 0 Å². The molecule has 5 nitrogen and oxygen atoms in total. The second-order valence-corrected chi connectivity index (χ2v) is 3.94. The molecule has 0 aliphatic carbocycles. The van der Waals surface area contributed by atoms with Crippen LogP contribution >= 0.6 is 11.3 Å². The number of hydrogen-bond donors (Lipinski definition) is 1. The Labute approximate surface area is 91.5 Å². The van der Waals surface area contributed by atoms with E-state index in [-0.39, 0.29) is 0 Å². The third kappa shape index (κ3) is 2.53. The standard InChI is InChI=1S/C9H12N4OS/c1-3-7-5-15-9(12-7)10-4-8-11-6(2)14-13-8/h5H,3-4H2,1-2H3,(H,10,12). The molecular weight excluding hydrogens is 212 g/mol. The second kappa shape index (κ2) is 4.39. The molecule has 0 saturated heterocycles. The Hall–Kier alpha value is -1.43. The van der Waals surface area contributed by atoms with Crippen LogP contribution in [0.2, 0.25) is 0 Å². The van der Waals surface area contributed by atoms with Gasteiger partial charge >= 0.3 is 0 Å². The number of hydrogen-bond acceptors (Lipinski definition) is 6. The Kier molecular flexibility index (Phi) is 2.96. The molecule has 0 aromatic carbocycles. The van der Waals surface area contributed by atoms with Crippen molar-refractivity contribution >= 4 is 16.5 Å². The van der Waals surface area contributed by atoms with Gasteiger partial charge < -0.3 is 9.84 Å². The average Bonchev–Trinajstić information content (AvgIpc) is 2.83. The molecule has 0 unspecified atom stereocenters. The molecule has 1 N–H and O–H groups in total. The maximum absolute atomic E-state index is 4.86. The summed E-state index contributed by atoms with van der Waals surface area (Å²) >= 11 is 1.59. The molecule has 2 aromatic heterocycles. The molecular formula is C9H12N4OS. The van der Waals surface area contributed by atoms with Crippen molar-refractivity contribution in [1.29, 1.82) is 0 Å². The SMILES string of the molecule is CCc1csc(NCc2noc(C)n2)n1. The van der Waals surface area contributed by atoms with Gasteiger partial charge in [-0.2, -0.15) is 4.98 Å². The number of aromatic nitrogens is 3. The van der Waals surface area contributed by atoms with E-state index in [4.69, 9.17) is 4.52 Å². The first-order valence-corrected chi connectivity index (χ1v) is 5.63. The molecule has 0 aliphatic rings. The molecule has 0 radical (unpaired) electrons. The van der Waals surface area contributed by atoms with Crippen molar-refractivity contribution < 1.29 is 4.52 Å². The Balaban J connectivity index is 1.93. The quantitative estimate of drug-likeness (QED) is 0.860. The first-order chi connectivity index (χ1) is 7.28. The molecule has 0 spiro atoms. The summed E-state index contributed by atoms with van der Waals surface area (Å²) in [6.45, 7) is 4.41. The Morgan fingerprint density at radius 3 is 2.93 bits per heavy atom. The van der Waals surface area contributed by atoms with Crippen molar-refractivity contribution in [1.82, 2.24) is 15.1 Å². The predicted molar refractivity (Wildman–Crippen MR) is 57.9 cm³/mol. The Morgan fingerprint density at radius 2 is 2.33 bits per heavy atom. The van der Waals surface area contributed by atoms with Gasteiger partial charge in [0.2, 0.25) is 5.89 Å². The highest BCUT2D eigenvalue weighted by molar-refractivity contribution is 7.13. The lowest BCUT2D eigenvalue weighted by atomic mass is 10.4. The van der Waals surface area contributed by atoms with Crippen LogP contribution in [0, 0.1) is 6.92 Å². The smallest absolute Gasteiger partial charge is 0.223 e. The molecule has 0 amide bonds. The second-order valence-electron chi connectivity index (χ2n) is 3.08. The van der Waals surface area contributed by atoms with Crippen LogP contribution in [0.3, 0.4) is 0 Å². The van der Waals surface area contributed by atoms with Gasteiger partial charge in [0.15, 0.2) is 11.0 Å². The summed E-state index contributed by atoms with van der Waals surface area (Å²) in [5.74, 6) is 1.24.